The van der Waals surface area contributed by atoms with E-state index in [1.165, 1.54) is 17.9 Å². The number of H-pyrrole nitrogens is 1. The molecule has 1 N–H and O–H groups in total. The lowest BCUT2D eigenvalue weighted by molar-refractivity contribution is 0.164. The SMILES string of the molecule is Cc1nc(C2CCN(C3CCSC3)CC2)cc(=O)[nH]1. The van der Waals surface area contributed by atoms with Gasteiger partial charge >= 0.3 is 0 Å². The Labute approximate surface area is 118 Å². The van der Waals surface area contributed by atoms with Gasteiger partial charge in [0.2, 0.25) is 0 Å². The van der Waals surface area contributed by atoms with E-state index in [-0.39, 0.29) is 5.56 Å². The molecule has 1 atom stereocenters. The van der Waals surface area contributed by atoms with E-state index < -0.39 is 0 Å². The second-order valence-corrected chi connectivity index (χ2v) is 6.73. The van der Waals surface area contributed by atoms with Crippen LogP contribution >= 0.6 is 11.8 Å². The number of aromatic nitrogens is 2. The van der Waals surface area contributed by atoms with Gasteiger partial charge in [0.1, 0.15) is 5.82 Å². The lowest BCUT2D eigenvalue weighted by Gasteiger charge is -2.35. The summed E-state index contributed by atoms with van der Waals surface area (Å²) in [4.78, 5) is 21.4. The van der Waals surface area contributed by atoms with Gasteiger partial charge in [-0.2, -0.15) is 11.8 Å². The van der Waals surface area contributed by atoms with Crippen LogP contribution in [0.15, 0.2) is 10.9 Å². The maximum Gasteiger partial charge on any atom is 0.251 e. The van der Waals surface area contributed by atoms with Crippen LogP contribution in [0.1, 0.15) is 36.7 Å². The number of aryl methyl sites for hydroxylation is 1. The number of thioether (sulfide) groups is 1. The molecule has 2 saturated heterocycles. The molecule has 2 aliphatic heterocycles. The fraction of sp³-hybridized carbons (Fsp3) is 0.714. The summed E-state index contributed by atoms with van der Waals surface area (Å²) in [6.07, 6.45) is 3.62. The number of nitrogens with one attached hydrogen (secondary N) is 1. The normalized spacial score (nSPS) is 25.8. The lowest BCUT2D eigenvalue weighted by Crippen LogP contribution is -2.41. The van der Waals surface area contributed by atoms with E-state index in [9.17, 15) is 4.79 Å². The summed E-state index contributed by atoms with van der Waals surface area (Å²) >= 11 is 2.08. The quantitative estimate of drug-likeness (QED) is 0.896. The minimum atomic E-state index is -0.0166. The van der Waals surface area contributed by atoms with E-state index in [2.05, 4.69) is 26.6 Å². The summed E-state index contributed by atoms with van der Waals surface area (Å²) in [6.45, 7) is 4.17. The van der Waals surface area contributed by atoms with Crippen molar-refractivity contribution >= 4 is 11.8 Å². The minimum Gasteiger partial charge on any atom is -0.311 e. The van der Waals surface area contributed by atoms with E-state index in [1.54, 1.807) is 6.07 Å². The van der Waals surface area contributed by atoms with E-state index >= 15 is 0 Å². The highest BCUT2D eigenvalue weighted by atomic mass is 32.2. The van der Waals surface area contributed by atoms with Gasteiger partial charge in [0, 0.05) is 23.8 Å². The second kappa shape index (κ2) is 5.67. The molecule has 0 bridgehead atoms. The molecular formula is C14H21N3OS. The Kier molecular flexibility index (Phi) is 3.93. The fourth-order valence-electron chi connectivity index (χ4n) is 3.18. The van der Waals surface area contributed by atoms with Gasteiger partial charge in [-0.15, -0.1) is 0 Å². The van der Waals surface area contributed by atoms with Crippen molar-refractivity contribution < 1.29 is 0 Å². The predicted molar refractivity (Wildman–Crippen MR) is 78.9 cm³/mol. The van der Waals surface area contributed by atoms with Gasteiger partial charge in [0.05, 0.1) is 5.69 Å². The zero-order valence-electron chi connectivity index (χ0n) is 11.4. The second-order valence-electron chi connectivity index (χ2n) is 5.58. The number of hydrogen-bond donors (Lipinski definition) is 1. The Bertz CT molecular complexity index is 488. The molecule has 5 heteroatoms. The summed E-state index contributed by atoms with van der Waals surface area (Å²) in [7, 11) is 0. The molecule has 1 aromatic rings. The van der Waals surface area contributed by atoms with E-state index in [1.807, 2.05) is 6.92 Å². The van der Waals surface area contributed by atoms with Crippen molar-refractivity contribution in [2.45, 2.75) is 38.1 Å². The van der Waals surface area contributed by atoms with Gasteiger partial charge in [-0.1, -0.05) is 0 Å². The molecule has 19 heavy (non-hydrogen) atoms. The van der Waals surface area contributed by atoms with Crippen molar-refractivity contribution in [1.82, 2.24) is 14.9 Å². The molecule has 3 rings (SSSR count). The number of aromatic amines is 1. The van der Waals surface area contributed by atoms with Crippen LogP contribution in [0.3, 0.4) is 0 Å². The van der Waals surface area contributed by atoms with Crippen LogP contribution in [0.4, 0.5) is 0 Å². The minimum absolute atomic E-state index is 0.0166. The zero-order valence-corrected chi connectivity index (χ0v) is 12.2. The van der Waals surface area contributed by atoms with Crippen molar-refractivity contribution in [3.8, 4) is 0 Å². The van der Waals surface area contributed by atoms with Crippen molar-refractivity contribution in [3.05, 3.63) is 27.9 Å². The van der Waals surface area contributed by atoms with Crippen molar-refractivity contribution in [1.29, 1.82) is 0 Å². The average molecular weight is 279 g/mol. The number of likely N-dealkylation sites (tertiary alicyclic amines) is 1. The number of nitrogens with zero attached hydrogens (tertiary/aromatic N) is 2. The summed E-state index contributed by atoms with van der Waals surface area (Å²) < 4.78 is 0. The fourth-order valence-corrected chi connectivity index (χ4v) is 4.44. The van der Waals surface area contributed by atoms with Crippen molar-refractivity contribution in [2.75, 3.05) is 24.6 Å². The van der Waals surface area contributed by atoms with Crippen LogP contribution in [0.25, 0.3) is 0 Å². The maximum atomic E-state index is 11.5. The van der Waals surface area contributed by atoms with Gasteiger partial charge in [-0.25, -0.2) is 4.98 Å². The number of hydrogen-bond acceptors (Lipinski definition) is 4. The van der Waals surface area contributed by atoms with Crippen molar-refractivity contribution in [3.63, 3.8) is 0 Å². The Balaban J connectivity index is 1.64. The molecule has 0 saturated carbocycles. The smallest absolute Gasteiger partial charge is 0.251 e. The molecule has 0 aromatic carbocycles. The summed E-state index contributed by atoms with van der Waals surface area (Å²) in [5, 5.41) is 0. The maximum absolute atomic E-state index is 11.5. The molecule has 1 unspecified atom stereocenters. The zero-order chi connectivity index (χ0) is 13.2. The first kappa shape index (κ1) is 13.2. The number of rotatable bonds is 2. The van der Waals surface area contributed by atoms with Crippen LogP contribution in [0.2, 0.25) is 0 Å². The Morgan fingerprint density at radius 2 is 2.16 bits per heavy atom. The van der Waals surface area contributed by atoms with Gasteiger partial charge < -0.3 is 4.98 Å². The first-order valence-electron chi connectivity index (χ1n) is 7.12. The summed E-state index contributed by atoms with van der Waals surface area (Å²) in [5.41, 5.74) is 0.971. The molecule has 0 radical (unpaired) electrons. The standard InChI is InChI=1S/C14H21N3OS/c1-10-15-13(8-14(18)16-10)11-2-5-17(6-3-11)12-4-7-19-9-12/h8,11-12H,2-7,9H2,1H3,(H,15,16,18). The van der Waals surface area contributed by atoms with Gasteiger partial charge in [0.25, 0.3) is 5.56 Å². The topological polar surface area (TPSA) is 49.0 Å². The monoisotopic (exact) mass is 279 g/mol. The molecule has 0 spiro atoms. The summed E-state index contributed by atoms with van der Waals surface area (Å²) in [5.74, 6) is 3.82. The third kappa shape index (κ3) is 3.03. The first-order chi connectivity index (χ1) is 9.22. The molecule has 104 valence electrons. The Morgan fingerprint density at radius 1 is 1.37 bits per heavy atom. The highest BCUT2D eigenvalue weighted by Gasteiger charge is 2.28. The molecule has 3 heterocycles. The van der Waals surface area contributed by atoms with Crippen LogP contribution in [-0.2, 0) is 0 Å². The van der Waals surface area contributed by atoms with E-state index in [0.717, 1.165) is 43.5 Å². The molecule has 2 fully saturated rings. The molecule has 4 nitrogen and oxygen atoms in total. The van der Waals surface area contributed by atoms with Gasteiger partial charge in [0.15, 0.2) is 0 Å². The highest BCUT2D eigenvalue weighted by Crippen LogP contribution is 2.30. The van der Waals surface area contributed by atoms with Crippen LogP contribution in [0.5, 0.6) is 0 Å². The number of piperidine rings is 1. The van der Waals surface area contributed by atoms with Crippen molar-refractivity contribution in [2.24, 2.45) is 0 Å². The Morgan fingerprint density at radius 3 is 2.79 bits per heavy atom. The van der Waals surface area contributed by atoms with E-state index in [0.29, 0.717) is 5.92 Å². The highest BCUT2D eigenvalue weighted by molar-refractivity contribution is 7.99. The third-order valence-corrected chi connectivity index (χ3v) is 5.39. The molecule has 0 aliphatic carbocycles. The van der Waals surface area contributed by atoms with Gasteiger partial charge in [-0.3, -0.25) is 9.69 Å². The Hall–Kier alpha value is -0.810. The molecule has 2 aliphatic rings. The lowest BCUT2D eigenvalue weighted by atomic mass is 9.92. The average Bonchev–Trinajstić information content (AvgIpc) is 2.91. The third-order valence-electron chi connectivity index (χ3n) is 4.25. The van der Waals surface area contributed by atoms with Crippen LogP contribution in [-0.4, -0.2) is 45.5 Å². The molecular weight excluding hydrogens is 258 g/mol. The molecule has 0 amide bonds. The van der Waals surface area contributed by atoms with Crippen LogP contribution < -0.4 is 5.56 Å². The summed E-state index contributed by atoms with van der Waals surface area (Å²) in [6, 6.07) is 2.47. The molecule has 1 aromatic heterocycles. The van der Waals surface area contributed by atoms with Gasteiger partial charge in [-0.05, 0) is 45.0 Å². The largest absolute Gasteiger partial charge is 0.311 e. The first-order valence-corrected chi connectivity index (χ1v) is 8.27. The predicted octanol–water partition coefficient (Wildman–Crippen LogP) is 1.76. The van der Waals surface area contributed by atoms with Crippen LogP contribution in [0, 0.1) is 6.92 Å². The van der Waals surface area contributed by atoms with E-state index in [4.69, 9.17) is 0 Å².